The number of amides is 1. The zero-order chi connectivity index (χ0) is 16.2. The highest BCUT2D eigenvalue weighted by Crippen LogP contribution is 2.16. The molecular formula is C17H16N2O4. The molecule has 3 aromatic rings. The van der Waals surface area contributed by atoms with Gasteiger partial charge < -0.3 is 4.42 Å². The number of aromatic nitrogens is 1. The first-order valence-electron chi connectivity index (χ1n) is 7.22. The molecule has 0 aliphatic carbocycles. The molecule has 3 rings (SSSR count). The van der Waals surface area contributed by atoms with Gasteiger partial charge in [-0.05, 0) is 24.6 Å². The monoisotopic (exact) mass is 312 g/mol. The Bertz CT molecular complexity index is 867. The van der Waals surface area contributed by atoms with Crippen LogP contribution in [-0.2, 0) is 16.2 Å². The molecular weight excluding hydrogens is 296 g/mol. The van der Waals surface area contributed by atoms with Gasteiger partial charge in [0, 0.05) is 0 Å². The number of para-hydroxylation sites is 2. The fourth-order valence-electron chi connectivity index (χ4n) is 2.32. The van der Waals surface area contributed by atoms with E-state index in [1.807, 2.05) is 30.3 Å². The van der Waals surface area contributed by atoms with Gasteiger partial charge in [-0.1, -0.05) is 42.5 Å². The number of nitrogens with one attached hydrogen (secondary N) is 1. The molecule has 0 radical (unpaired) electrons. The van der Waals surface area contributed by atoms with Gasteiger partial charge in [0.15, 0.2) is 5.58 Å². The summed E-state index contributed by atoms with van der Waals surface area (Å²) < 4.78 is 6.43. The van der Waals surface area contributed by atoms with Crippen molar-refractivity contribution in [2.75, 3.05) is 0 Å². The fourth-order valence-corrected chi connectivity index (χ4v) is 2.32. The van der Waals surface area contributed by atoms with Gasteiger partial charge in [0.05, 0.1) is 12.1 Å². The minimum atomic E-state index is -0.748. The van der Waals surface area contributed by atoms with Crippen molar-refractivity contribution in [2.45, 2.75) is 19.6 Å². The molecule has 23 heavy (non-hydrogen) atoms. The predicted octanol–water partition coefficient (Wildman–Crippen LogP) is 2.40. The van der Waals surface area contributed by atoms with Crippen LogP contribution in [0.25, 0.3) is 11.1 Å². The lowest BCUT2D eigenvalue weighted by atomic mass is 10.2. The lowest BCUT2D eigenvalue weighted by Gasteiger charge is -2.13. The highest BCUT2D eigenvalue weighted by molar-refractivity contribution is 5.82. The number of hydrogen-bond acceptors (Lipinski definition) is 4. The molecule has 6 heteroatoms. The molecule has 1 heterocycles. The Balaban J connectivity index is 1.69. The molecule has 0 aliphatic rings. The molecule has 6 nitrogen and oxygen atoms in total. The largest absolute Gasteiger partial charge is 0.420 e. The standard InChI is InChI=1S/C17H16N2O4/c1-12(16(20)18-22-11-13-7-3-2-4-8-13)19-14-9-5-6-10-15(14)23-17(19)21/h2-10,12H,11H2,1H3,(H,18,20). The summed E-state index contributed by atoms with van der Waals surface area (Å²) in [6.07, 6.45) is 0. The molecule has 118 valence electrons. The normalized spacial score (nSPS) is 12.2. The summed E-state index contributed by atoms with van der Waals surface area (Å²) in [6.45, 7) is 1.87. The summed E-state index contributed by atoms with van der Waals surface area (Å²) in [6, 6.07) is 15.7. The van der Waals surface area contributed by atoms with Crippen LogP contribution >= 0.6 is 0 Å². The highest BCUT2D eigenvalue weighted by atomic mass is 16.6. The third-order valence-electron chi connectivity index (χ3n) is 3.54. The maximum absolute atomic E-state index is 12.2. The van der Waals surface area contributed by atoms with Gasteiger partial charge in [0.1, 0.15) is 6.04 Å². The van der Waals surface area contributed by atoms with Gasteiger partial charge in [0.2, 0.25) is 0 Å². The van der Waals surface area contributed by atoms with E-state index in [9.17, 15) is 9.59 Å². The Morgan fingerprint density at radius 1 is 1.17 bits per heavy atom. The quantitative estimate of drug-likeness (QED) is 0.734. The number of fused-ring (bicyclic) bond motifs is 1. The topological polar surface area (TPSA) is 73.5 Å². The van der Waals surface area contributed by atoms with Gasteiger partial charge >= 0.3 is 5.76 Å². The van der Waals surface area contributed by atoms with Crippen molar-refractivity contribution in [3.63, 3.8) is 0 Å². The van der Waals surface area contributed by atoms with E-state index in [1.54, 1.807) is 31.2 Å². The summed E-state index contributed by atoms with van der Waals surface area (Å²) in [7, 11) is 0. The van der Waals surface area contributed by atoms with E-state index in [4.69, 9.17) is 9.25 Å². The second kappa shape index (κ2) is 6.50. The first-order valence-corrected chi connectivity index (χ1v) is 7.22. The first kappa shape index (κ1) is 15.1. The molecule has 1 atom stereocenters. The van der Waals surface area contributed by atoms with Crippen molar-refractivity contribution in [1.82, 2.24) is 10.0 Å². The van der Waals surface area contributed by atoms with E-state index < -0.39 is 17.7 Å². The Morgan fingerprint density at radius 3 is 2.65 bits per heavy atom. The number of oxazole rings is 1. The Hall–Kier alpha value is -2.86. The van der Waals surface area contributed by atoms with Gasteiger partial charge in [-0.2, -0.15) is 0 Å². The van der Waals surface area contributed by atoms with Crippen LogP contribution < -0.4 is 11.2 Å². The second-order valence-electron chi connectivity index (χ2n) is 5.12. The summed E-state index contributed by atoms with van der Waals surface area (Å²) in [4.78, 5) is 29.4. The van der Waals surface area contributed by atoms with Crippen LogP contribution in [0.1, 0.15) is 18.5 Å². The van der Waals surface area contributed by atoms with Crippen molar-refractivity contribution in [3.05, 3.63) is 70.7 Å². The van der Waals surface area contributed by atoms with Crippen LogP contribution in [0.3, 0.4) is 0 Å². The number of carbonyl (C=O) groups is 1. The minimum Gasteiger partial charge on any atom is -0.408 e. The molecule has 0 saturated carbocycles. The van der Waals surface area contributed by atoms with Crippen molar-refractivity contribution < 1.29 is 14.0 Å². The van der Waals surface area contributed by atoms with E-state index >= 15 is 0 Å². The number of hydrogen-bond donors (Lipinski definition) is 1. The van der Waals surface area contributed by atoms with Crippen LogP contribution in [0.15, 0.2) is 63.8 Å². The molecule has 1 amide bonds. The third-order valence-corrected chi connectivity index (χ3v) is 3.54. The van der Waals surface area contributed by atoms with Crippen LogP contribution in [0.2, 0.25) is 0 Å². The van der Waals surface area contributed by atoms with Crippen LogP contribution in [0.5, 0.6) is 0 Å². The first-order chi connectivity index (χ1) is 11.2. The Labute approximate surface area is 132 Å². The average Bonchev–Trinajstić information content (AvgIpc) is 2.90. The van der Waals surface area contributed by atoms with Crippen molar-refractivity contribution in [1.29, 1.82) is 0 Å². The van der Waals surface area contributed by atoms with Gasteiger partial charge in [0.25, 0.3) is 5.91 Å². The molecule has 1 N–H and O–H groups in total. The smallest absolute Gasteiger partial charge is 0.408 e. The van der Waals surface area contributed by atoms with E-state index in [0.29, 0.717) is 11.1 Å². The molecule has 2 aromatic carbocycles. The molecule has 1 aromatic heterocycles. The third kappa shape index (κ3) is 3.17. The summed E-state index contributed by atoms with van der Waals surface area (Å²) in [5.41, 5.74) is 4.33. The molecule has 0 saturated heterocycles. The molecule has 1 unspecified atom stereocenters. The second-order valence-corrected chi connectivity index (χ2v) is 5.12. The highest BCUT2D eigenvalue weighted by Gasteiger charge is 2.21. The van der Waals surface area contributed by atoms with Crippen molar-refractivity contribution in [2.24, 2.45) is 0 Å². The summed E-state index contributed by atoms with van der Waals surface area (Å²) in [5, 5.41) is 0. The maximum atomic E-state index is 12.2. The SMILES string of the molecule is CC(C(=O)NOCc1ccccc1)n1c(=O)oc2ccccc21. The number of rotatable bonds is 5. The fraction of sp³-hybridized carbons (Fsp3) is 0.176. The summed E-state index contributed by atoms with van der Waals surface area (Å²) >= 11 is 0. The van der Waals surface area contributed by atoms with E-state index in [2.05, 4.69) is 5.48 Å². The number of nitrogens with zero attached hydrogens (tertiary/aromatic N) is 1. The van der Waals surface area contributed by atoms with Gasteiger partial charge in [-0.3, -0.25) is 14.2 Å². The van der Waals surface area contributed by atoms with Gasteiger partial charge in [-0.15, -0.1) is 0 Å². The maximum Gasteiger partial charge on any atom is 0.420 e. The van der Waals surface area contributed by atoms with Crippen LogP contribution in [0, 0.1) is 0 Å². The van der Waals surface area contributed by atoms with E-state index in [-0.39, 0.29) is 6.61 Å². The number of carbonyl (C=O) groups excluding carboxylic acids is 1. The van der Waals surface area contributed by atoms with E-state index in [0.717, 1.165) is 5.56 Å². The lowest BCUT2D eigenvalue weighted by Crippen LogP contribution is -2.34. The lowest BCUT2D eigenvalue weighted by molar-refractivity contribution is -0.137. The van der Waals surface area contributed by atoms with Crippen LogP contribution in [-0.4, -0.2) is 10.5 Å². The summed E-state index contributed by atoms with van der Waals surface area (Å²) in [5.74, 6) is -0.994. The zero-order valence-corrected chi connectivity index (χ0v) is 12.6. The van der Waals surface area contributed by atoms with Crippen molar-refractivity contribution in [3.8, 4) is 0 Å². The number of benzene rings is 2. The average molecular weight is 312 g/mol. The number of hydroxylamine groups is 1. The van der Waals surface area contributed by atoms with E-state index in [1.165, 1.54) is 4.57 Å². The Morgan fingerprint density at radius 2 is 1.87 bits per heavy atom. The van der Waals surface area contributed by atoms with Gasteiger partial charge in [-0.25, -0.2) is 10.3 Å². The Kier molecular flexibility index (Phi) is 4.25. The minimum absolute atomic E-state index is 0.250. The molecule has 0 bridgehead atoms. The molecule has 0 spiro atoms. The van der Waals surface area contributed by atoms with Crippen molar-refractivity contribution >= 4 is 17.0 Å². The zero-order valence-electron chi connectivity index (χ0n) is 12.6. The molecule has 0 aliphatic heterocycles. The predicted molar refractivity (Wildman–Crippen MR) is 84.6 cm³/mol. The molecule has 0 fully saturated rings. The van der Waals surface area contributed by atoms with Crippen LogP contribution in [0.4, 0.5) is 0 Å².